The monoisotopic (exact) mass is 303 g/mol. The van der Waals surface area contributed by atoms with Crippen LogP contribution in [0, 0.1) is 5.82 Å². The van der Waals surface area contributed by atoms with E-state index in [4.69, 9.17) is 0 Å². The molecular weight excluding hydrogens is 285 g/mol. The molecule has 0 heterocycles. The Hall–Kier alpha value is -1.67. The molecule has 0 radical (unpaired) electrons. The first-order valence-electron chi connectivity index (χ1n) is 5.95. The summed E-state index contributed by atoms with van der Waals surface area (Å²) in [6.07, 6.45) is 0.959. The van der Waals surface area contributed by atoms with Gasteiger partial charge in [-0.15, -0.1) is 0 Å². The van der Waals surface area contributed by atoms with Crippen LogP contribution < -0.4 is 15.4 Å². The highest BCUT2D eigenvalue weighted by atomic mass is 32.2. The number of sulfonamides is 1. The summed E-state index contributed by atoms with van der Waals surface area (Å²) in [7, 11) is -1.80. The Morgan fingerprint density at radius 2 is 2.05 bits per heavy atom. The lowest BCUT2D eigenvalue weighted by atomic mass is 10.1. The molecule has 0 aromatic heterocycles. The number of hydrogen-bond donors (Lipinski definition) is 3. The zero-order valence-electron chi connectivity index (χ0n) is 11.5. The van der Waals surface area contributed by atoms with Gasteiger partial charge in [0.15, 0.2) is 0 Å². The van der Waals surface area contributed by atoms with Crippen LogP contribution in [0.1, 0.15) is 17.3 Å². The molecule has 3 N–H and O–H groups in total. The number of nitrogens with one attached hydrogen (secondary N) is 3. The van der Waals surface area contributed by atoms with Crippen LogP contribution in [0.3, 0.4) is 0 Å². The standard InChI is InChI=1S/C12H18FN3O3S/c1-8(14-2)7-15-12(17)10-6-9(13)4-5-11(10)16-20(3,18)19/h4-6,8,14,16H,7H2,1-3H3,(H,15,17). The van der Waals surface area contributed by atoms with Gasteiger partial charge in [-0.3, -0.25) is 9.52 Å². The number of amides is 1. The molecule has 0 aliphatic heterocycles. The van der Waals surface area contributed by atoms with E-state index in [0.29, 0.717) is 6.54 Å². The first-order valence-corrected chi connectivity index (χ1v) is 7.85. The van der Waals surface area contributed by atoms with E-state index in [2.05, 4.69) is 15.4 Å². The van der Waals surface area contributed by atoms with E-state index in [1.165, 1.54) is 6.07 Å². The molecule has 20 heavy (non-hydrogen) atoms. The Bertz CT molecular complexity index is 590. The fourth-order valence-electron chi connectivity index (χ4n) is 1.44. The largest absolute Gasteiger partial charge is 0.350 e. The average molecular weight is 303 g/mol. The maximum atomic E-state index is 13.2. The molecule has 1 atom stereocenters. The number of halogens is 1. The van der Waals surface area contributed by atoms with Gasteiger partial charge in [-0.25, -0.2) is 12.8 Å². The number of anilines is 1. The molecule has 0 spiro atoms. The van der Waals surface area contributed by atoms with Crippen molar-refractivity contribution in [2.75, 3.05) is 24.6 Å². The molecule has 6 nitrogen and oxygen atoms in total. The van der Waals surface area contributed by atoms with Crippen LogP contribution in [0.25, 0.3) is 0 Å². The Labute approximate surface area is 117 Å². The van der Waals surface area contributed by atoms with E-state index in [1.807, 2.05) is 6.92 Å². The number of carbonyl (C=O) groups is 1. The fraction of sp³-hybridized carbons (Fsp3) is 0.417. The lowest BCUT2D eigenvalue weighted by Gasteiger charge is -2.14. The molecule has 0 bridgehead atoms. The van der Waals surface area contributed by atoms with Gasteiger partial charge in [0.25, 0.3) is 5.91 Å². The van der Waals surface area contributed by atoms with Crippen LogP contribution in [0.5, 0.6) is 0 Å². The first-order chi connectivity index (χ1) is 9.23. The average Bonchev–Trinajstić information content (AvgIpc) is 2.36. The third-order valence-corrected chi connectivity index (χ3v) is 3.17. The van der Waals surface area contributed by atoms with Crippen molar-refractivity contribution >= 4 is 21.6 Å². The van der Waals surface area contributed by atoms with Gasteiger partial charge in [-0.1, -0.05) is 0 Å². The molecule has 1 unspecified atom stereocenters. The van der Waals surface area contributed by atoms with Gasteiger partial charge >= 0.3 is 0 Å². The van der Waals surface area contributed by atoms with Gasteiger partial charge in [-0.05, 0) is 32.2 Å². The molecular formula is C12H18FN3O3S. The quantitative estimate of drug-likeness (QED) is 0.715. The van der Waals surface area contributed by atoms with Crippen molar-refractivity contribution in [3.05, 3.63) is 29.6 Å². The van der Waals surface area contributed by atoms with Gasteiger partial charge in [-0.2, -0.15) is 0 Å². The van der Waals surface area contributed by atoms with Crippen molar-refractivity contribution in [1.29, 1.82) is 0 Å². The van der Waals surface area contributed by atoms with Crippen LogP contribution in [0.15, 0.2) is 18.2 Å². The number of likely N-dealkylation sites (N-methyl/N-ethyl adjacent to an activating group) is 1. The third-order valence-electron chi connectivity index (χ3n) is 2.58. The van der Waals surface area contributed by atoms with Gasteiger partial charge in [0.1, 0.15) is 5.82 Å². The molecule has 8 heteroatoms. The number of hydrogen-bond acceptors (Lipinski definition) is 4. The predicted octanol–water partition coefficient (Wildman–Crippen LogP) is 0.535. The smallest absolute Gasteiger partial charge is 0.253 e. The van der Waals surface area contributed by atoms with E-state index in [0.717, 1.165) is 18.4 Å². The number of benzene rings is 1. The SMILES string of the molecule is CNC(C)CNC(=O)c1cc(F)ccc1NS(C)(=O)=O. The molecule has 1 aromatic rings. The van der Waals surface area contributed by atoms with Gasteiger partial charge in [0, 0.05) is 12.6 Å². The summed E-state index contributed by atoms with van der Waals surface area (Å²) >= 11 is 0. The Kier molecular flexibility index (Phi) is 5.46. The minimum absolute atomic E-state index is 0.0406. The van der Waals surface area contributed by atoms with E-state index in [9.17, 15) is 17.6 Å². The summed E-state index contributed by atoms with van der Waals surface area (Å²) in [6.45, 7) is 2.20. The maximum Gasteiger partial charge on any atom is 0.253 e. The van der Waals surface area contributed by atoms with Crippen molar-refractivity contribution in [2.24, 2.45) is 0 Å². The van der Waals surface area contributed by atoms with Crippen molar-refractivity contribution < 1.29 is 17.6 Å². The highest BCUT2D eigenvalue weighted by Gasteiger charge is 2.15. The molecule has 0 aliphatic carbocycles. The van der Waals surface area contributed by atoms with Crippen LogP contribution in [-0.2, 0) is 10.0 Å². The van der Waals surface area contributed by atoms with Crippen molar-refractivity contribution in [1.82, 2.24) is 10.6 Å². The number of carbonyl (C=O) groups excluding carboxylic acids is 1. The second kappa shape index (κ2) is 6.67. The van der Waals surface area contributed by atoms with Crippen molar-refractivity contribution in [3.8, 4) is 0 Å². The minimum atomic E-state index is -3.55. The molecule has 1 amide bonds. The summed E-state index contributed by atoms with van der Waals surface area (Å²) in [5.41, 5.74) is -0.0118. The topological polar surface area (TPSA) is 87.3 Å². The zero-order chi connectivity index (χ0) is 15.3. The highest BCUT2D eigenvalue weighted by Crippen LogP contribution is 2.18. The van der Waals surface area contributed by atoms with Crippen LogP contribution in [0.2, 0.25) is 0 Å². The molecule has 0 fully saturated rings. The van der Waals surface area contributed by atoms with E-state index >= 15 is 0 Å². The van der Waals surface area contributed by atoms with Gasteiger partial charge < -0.3 is 10.6 Å². The summed E-state index contributed by atoms with van der Waals surface area (Å²) in [5.74, 6) is -1.16. The Morgan fingerprint density at radius 1 is 1.40 bits per heavy atom. The highest BCUT2D eigenvalue weighted by molar-refractivity contribution is 7.92. The molecule has 0 saturated heterocycles. The zero-order valence-corrected chi connectivity index (χ0v) is 12.3. The normalized spacial score (nSPS) is 12.8. The predicted molar refractivity (Wildman–Crippen MR) is 75.7 cm³/mol. The van der Waals surface area contributed by atoms with Crippen LogP contribution in [-0.4, -0.2) is 40.2 Å². The summed E-state index contributed by atoms with van der Waals surface area (Å²) in [5, 5.41) is 5.54. The Morgan fingerprint density at radius 3 is 2.60 bits per heavy atom. The van der Waals surface area contributed by atoms with Gasteiger partial charge in [0.2, 0.25) is 10.0 Å². The summed E-state index contributed by atoms with van der Waals surface area (Å²) in [6, 6.07) is 3.33. The molecule has 1 aromatic carbocycles. The summed E-state index contributed by atoms with van der Waals surface area (Å²) in [4.78, 5) is 12.0. The van der Waals surface area contributed by atoms with Crippen LogP contribution in [0.4, 0.5) is 10.1 Å². The second-order valence-electron chi connectivity index (χ2n) is 4.46. The van der Waals surface area contributed by atoms with E-state index in [1.54, 1.807) is 7.05 Å². The first kappa shape index (κ1) is 16.4. The lowest BCUT2D eigenvalue weighted by molar-refractivity contribution is 0.0951. The van der Waals surface area contributed by atoms with Crippen LogP contribution >= 0.6 is 0 Å². The third kappa shape index (κ3) is 5.14. The minimum Gasteiger partial charge on any atom is -0.350 e. The molecule has 0 aliphatic rings. The maximum absolute atomic E-state index is 13.2. The number of rotatable bonds is 6. The fourth-order valence-corrected chi connectivity index (χ4v) is 2.01. The molecule has 112 valence electrons. The van der Waals surface area contributed by atoms with Gasteiger partial charge in [0.05, 0.1) is 17.5 Å². The van der Waals surface area contributed by atoms with Crippen molar-refractivity contribution in [3.63, 3.8) is 0 Å². The second-order valence-corrected chi connectivity index (χ2v) is 6.21. The lowest BCUT2D eigenvalue weighted by Crippen LogP contribution is -2.37. The summed E-state index contributed by atoms with van der Waals surface area (Å²) < 4.78 is 37.9. The van der Waals surface area contributed by atoms with E-state index < -0.39 is 21.7 Å². The Balaban J connectivity index is 2.97. The molecule has 1 rings (SSSR count). The van der Waals surface area contributed by atoms with Crippen molar-refractivity contribution in [2.45, 2.75) is 13.0 Å². The van der Waals surface area contributed by atoms with E-state index in [-0.39, 0.29) is 17.3 Å². The molecule has 0 saturated carbocycles.